The zero-order chi connectivity index (χ0) is 15.6. The molecule has 0 saturated carbocycles. The Morgan fingerprint density at radius 1 is 1.00 bits per heavy atom. The van der Waals surface area contributed by atoms with Gasteiger partial charge in [0.05, 0.1) is 19.8 Å². The Labute approximate surface area is 119 Å². The number of benzene rings is 2. The minimum atomic E-state index is -1.53. The van der Waals surface area contributed by atoms with E-state index in [0.717, 1.165) is 6.07 Å². The summed E-state index contributed by atoms with van der Waals surface area (Å²) in [6.07, 6.45) is 0. The fourth-order valence-corrected chi connectivity index (χ4v) is 1.94. The number of methoxy groups -OCH3 is 2. The van der Waals surface area contributed by atoms with Gasteiger partial charge in [0.1, 0.15) is 23.1 Å². The van der Waals surface area contributed by atoms with Crippen LogP contribution in [0.2, 0.25) is 0 Å². The summed E-state index contributed by atoms with van der Waals surface area (Å²) in [5.74, 6) is -2.66. The van der Waals surface area contributed by atoms with Gasteiger partial charge in [-0.15, -0.1) is 0 Å². The average Bonchev–Trinajstić information content (AvgIpc) is 2.48. The first kappa shape index (κ1) is 14.8. The van der Waals surface area contributed by atoms with Crippen LogP contribution in [0.3, 0.4) is 0 Å². The molecule has 0 aliphatic rings. The molecular formula is C15H12F2O4. The molecule has 0 fully saturated rings. The Balaban J connectivity index is 2.66. The predicted octanol–water partition coefficient (Wildman–Crippen LogP) is 3.35. The molecule has 0 aromatic heterocycles. The molecule has 0 aliphatic carbocycles. The largest absolute Gasteiger partial charge is 0.497 e. The molecule has 1 N–H and O–H groups in total. The predicted molar refractivity (Wildman–Crippen MR) is 71.9 cm³/mol. The van der Waals surface area contributed by atoms with Gasteiger partial charge in [-0.3, -0.25) is 0 Å². The lowest BCUT2D eigenvalue weighted by atomic mass is 10.0. The number of hydrogen-bond donors (Lipinski definition) is 1. The molecule has 0 saturated heterocycles. The van der Waals surface area contributed by atoms with E-state index in [0.29, 0.717) is 17.6 Å². The Hall–Kier alpha value is -2.63. The van der Waals surface area contributed by atoms with Crippen LogP contribution >= 0.6 is 0 Å². The number of carbonyl (C=O) groups is 1. The van der Waals surface area contributed by atoms with Crippen molar-refractivity contribution in [2.24, 2.45) is 0 Å². The average molecular weight is 294 g/mol. The maximum atomic E-state index is 14.1. The molecule has 0 spiro atoms. The number of carboxylic acid groups (broad SMARTS) is 1. The summed E-state index contributed by atoms with van der Waals surface area (Å²) >= 11 is 0. The van der Waals surface area contributed by atoms with Crippen molar-refractivity contribution in [3.63, 3.8) is 0 Å². The summed E-state index contributed by atoms with van der Waals surface area (Å²) in [5.41, 5.74) is -0.559. The highest BCUT2D eigenvalue weighted by Crippen LogP contribution is 2.35. The highest BCUT2D eigenvalue weighted by molar-refractivity contribution is 5.89. The van der Waals surface area contributed by atoms with Crippen LogP contribution in [0.5, 0.6) is 11.5 Å². The topological polar surface area (TPSA) is 55.8 Å². The van der Waals surface area contributed by atoms with Gasteiger partial charge in [-0.1, -0.05) is 0 Å². The van der Waals surface area contributed by atoms with Crippen molar-refractivity contribution in [2.45, 2.75) is 0 Å². The first-order chi connectivity index (χ1) is 9.97. The van der Waals surface area contributed by atoms with Crippen LogP contribution in [-0.2, 0) is 0 Å². The van der Waals surface area contributed by atoms with Crippen LogP contribution in [-0.4, -0.2) is 25.3 Å². The molecule has 0 atom stereocenters. The lowest BCUT2D eigenvalue weighted by molar-refractivity contribution is 0.0691. The summed E-state index contributed by atoms with van der Waals surface area (Å²) in [4.78, 5) is 10.8. The lowest BCUT2D eigenvalue weighted by Crippen LogP contribution is -2.03. The zero-order valence-electron chi connectivity index (χ0n) is 11.3. The molecule has 0 unspecified atom stereocenters. The van der Waals surface area contributed by atoms with E-state index in [1.54, 1.807) is 12.1 Å². The smallest absolute Gasteiger partial charge is 0.338 e. The molecule has 0 amide bonds. The van der Waals surface area contributed by atoms with Gasteiger partial charge in [-0.05, 0) is 30.3 Å². The number of carboxylic acids is 1. The molecular weight excluding hydrogens is 282 g/mol. The fourth-order valence-electron chi connectivity index (χ4n) is 1.94. The molecule has 0 radical (unpaired) electrons. The summed E-state index contributed by atoms with van der Waals surface area (Å²) in [5, 5.41) is 8.78. The zero-order valence-corrected chi connectivity index (χ0v) is 11.3. The van der Waals surface area contributed by atoms with E-state index in [9.17, 15) is 13.6 Å². The van der Waals surface area contributed by atoms with Gasteiger partial charge in [0.15, 0.2) is 0 Å². The van der Waals surface area contributed by atoms with Crippen molar-refractivity contribution in [1.82, 2.24) is 0 Å². The van der Waals surface area contributed by atoms with Gasteiger partial charge in [-0.25, -0.2) is 13.6 Å². The molecule has 4 nitrogen and oxygen atoms in total. The number of hydrogen-bond acceptors (Lipinski definition) is 3. The van der Waals surface area contributed by atoms with Crippen LogP contribution in [0.4, 0.5) is 8.78 Å². The van der Waals surface area contributed by atoms with E-state index in [2.05, 4.69) is 0 Å². The third-order valence-corrected chi connectivity index (χ3v) is 2.98. The van der Waals surface area contributed by atoms with Crippen LogP contribution in [0.25, 0.3) is 11.1 Å². The van der Waals surface area contributed by atoms with E-state index in [4.69, 9.17) is 14.6 Å². The molecule has 0 aliphatic heterocycles. The molecule has 2 aromatic rings. The van der Waals surface area contributed by atoms with Gasteiger partial charge < -0.3 is 14.6 Å². The highest BCUT2D eigenvalue weighted by Gasteiger charge is 2.18. The van der Waals surface area contributed by atoms with Crippen molar-refractivity contribution in [2.75, 3.05) is 14.2 Å². The molecule has 110 valence electrons. The van der Waals surface area contributed by atoms with Gasteiger partial charge >= 0.3 is 5.97 Å². The van der Waals surface area contributed by atoms with Crippen molar-refractivity contribution in [3.8, 4) is 22.6 Å². The standard InChI is InChI=1S/C15H12F2O4/c1-20-8-3-4-14(21-2)10(5-8)9-6-13(17)11(15(18)19)7-12(9)16/h3-7H,1-2H3,(H,18,19). The van der Waals surface area contributed by atoms with Gasteiger partial charge in [0.25, 0.3) is 0 Å². The summed E-state index contributed by atoms with van der Waals surface area (Å²) in [6, 6.07) is 6.12. The highest BCUT2D eigenvalue weighted by atomic mass is 19.1. The summed E-state index contributed by atoms with van der Waals surface area (Å²) < 4.78 is 38.0. The lowest BCUT2D eigenvalue weighted by Gasteiger charge is -2.12. The molecule has 21 heavy (non-hydrogen) atoms. The van der Waals surface area contributed by atoms with E-state index in [1.807, 2.05) is 0 Å². The minimum absolute atomic E-state index is 0.103. The fraction of sp³-hybridized carbons (Fsp3) is 0.133. The van der Waals surface area contributed by atoms with E-state index < -0.39 is 23.2 Å². The Bertz CT molecular complexity index is 698. The first-order valence-corrected chi connectivity index (χ1v) is 5.92. The van der Waals surface area contributed by atoms with Crippen LogP contribution in [0.1, 0.15) is 10.4 Å². The van der Waals surface area contributed by atoms with Gasteiger partial charge in [0.2, 0.25) is 0 Å². The summed E-state index contributed by atoms with van der Waals surface area (Å²) in [6.45, 7) is 0. The molecule has 2 aromatic carbocycles. The molecule has 0 bridgehead atoms. The Morgan fingerprint density at radius 3 is 2.29 bits per heavy atom. The minimum Gasteiger partial charge on any atom is -0.497 e. The van der Waals surface area contributed by atoms with Gasteiger partial charge in [0, 0.05) is 11.1 Å². The van der Waals surface area contributed by atoms with Gasteiger partial charge in [-0.2, -0.15) is 0 Å². The maximum Gasteiger partial charge on any atom is 0.338 e. The van der Waals surface area contributed by atoms with Crippen LogP contribution < -0.4 is 9.47 Å². The number of rotatable bonds is 4. The van der Waals surface area contributed by atoms with Crippen molar-refractivity contribution >= 4 is 5.97 Å². The summed E-state index contributed by atoms with van der Waals surface area (Å²) in [7, 11) is 2.83. The van der Waals surface area contributed by atoms with E-state index in [1.165, 1.54) is 20.3 Å². The number of ether oxygens (including phenoxy) is 2. The number of aromatic carboxylic acids is 1. The SMILES string of the molecule is COc1ccc(OC)c(-c2cc(F)c(C(=O)O)cc2F)c1. The van der Waals surface area contributed by atoms with Crippen LogP contribution in [0, 0.1) is 11.6 Å². The third kappa shape index (κ3) is 2.79. The Morgan fingerprint density at radius 2 is 1.71 bits per heavy atom. The Kier molecular flexibility index (Phi) is 4.07. The van der Waals surface area contributed by atoms with Crippen molar-refractivity contribution < 1.29 is 28.2 Å². The van der Waals surface area contributed by atoms with E-state index in [-0.39, 0.29) is 11.1 Å². The maximum absolute atomic E-state index is 14.1. The normalized spacial score (nSPS) is 10.3. The second-order valence-electron chi connectivity index (χ2n) is 4.18. The van der Waals surface area contributed by atoms with Crippen molar-refractivity contribution in [1.29, 1.82) is 0 Å². The van der Waals surface area contributed by atoms with Crippen molar-refractivity contribution in [3.05, 3.63) is 47.5 Å². The molecule has 0 heterocycles. The van der Waals surface area contributed by atoms with E-state index >= 15 is 0 Å². The molecule has 2 rings (SSSR count). The second kappa shape index (κ2) is 5.78. The monoisotopic (exact) mass is 294 g/mol. The third-order valence-electron chi connectivity index (χ3n) is 2.98. The van der Waals surface area contributed by atoms with Crippen LogP contribution in [0.15, 0.2) is 30.3 Å². The number of halogens is 2. The quantitative estimate of drug-likeness (QED) is 0.939. The molecule has 6 heteroatoms. The second-order valence-corrected chi connectivity index (χ2v) is 4.18. The first-order valence-electron chi connectivity index (χ1n) is 5.92.